The first-order valence-corrected chi connectivity index (χ1v) is 12.2. The molecule has 0 aliphatic carbocycles. The van der Waals surface area contributed by atoms with Gasteiger partial charge in [-0.3, -0.25) is 19.3 Å². The number of benzene rings is 3. The first-order valence-electron chi connectivity index (χ1n) is 10.7. The van der Waals surface area contributed by atoms with Gasteiger partial charge in [-0.15, -0.1) is 0 Å². The molecule has 1 fully saturated rings. The minimum absolute atomic E-state index is 0.186. The van der Waals surface area contributed by atoms with Gasteiger partial charge in [-0.1, -0.05) is 46.4 Å². The molecule has 0 spiro atoms. The molecule has 2 aliphatic rings. The number of halogens is 5. The maximum absolute atomic E-state index is 13.6. The number of methoxy groups -OCH3 is 2. The lowest BCUT2D eigenvalue weighted by Gasteiger charge is -2.50. The van der Waals surface area contributed by atoms with E-state index in [9.17, 15) is 18.8 Å². The number of carbonyl (C=O) groups is 3. The molecule has 2 unspecified atom stereocenters. The Bertz CT molecular complexity index is 1450. The first kappa shape index (κ1) is 25.6. The van der Waals surface area contributed by atoms with Gasteiger partial charge in [0.2, 0.25) is 0 Å². The maximum Gasteiger partial charge on any atom is 0.264 e. The largest absolute Gasteiger partial charge is 0.497 e. The third kappa shape index (κ3) is 3.74. The summed E-state index contributed by atoms with van der Waals surface area (Å²) >= 11 is 24.8. The Hall–Kier alpha value is -3.04. The molecule has 2 heterocycles. The molecule has 0 N–H and O–H groups in total. The van der Waals surface area contributed by atoms with Gasteiger partial charge in [-0.05, 0) is 42.5 Å². The van der Waals surface area contributed by atoms with Crippen molar-refractivity contribution in [3.8, 4) is 11.5 Å². The van der Waals surface area contributed by atoms with Crippen molar-refractivity contribution in [2.75, 3.05) is 19.1 Å². The van der Waals surface area contributed by atoms with Crippen LogP contribution < -0.4 is 14.4 Å². The second-order valence-electron chi connectivity index (χ2n) is 8.17. The third-order valence-corrected chi connectivity index (χ3v) is 8.14. The van der Waals surface area contributed by atoms with Gasteiger partial charge in [0.25, 0.3) is 17.7 Å². The summed E-state index contributed by atoms with van der Waals surface area (Å²) in [6, 6.07) is 7.90. The molecule has 0 saturated carbocycles. The van der Waals surface area contributed by atoms with E-state index in [1.165, 1.54) is 43.4 Å². The van der Waals surface area contributed by atoms with Crippen molar-refractivity contribution in [3.05, 3.63) is 85.1 Å². The molecule has 0 radical (unpaired) electrons. The number of ether oxygens (including phenoxy) is 2. The molecule has 0 bridgehead atoms. The van der Waals surface area contributed by atoms with Crippen molar-refractivity contribution in [3.63, 3.8) is 0 Å². The van der Waals surface area contributed by atoms with Crippen LogP contribution in [0, 0.1) is 5.82 Å². The molecule has 5 rings (SSSR count). The van der Waals surface area contributed by atoms with E-state index in [4.69, 9.17) is 55.9 Å². The standard InChI is InChI=1S/C25H15Cl4FN2O5/c1-36-12-7-8-14(37-2)13(9-12)21-22(25(35)31(21)11-5-3-10(30)4-6-11)32-23(33)15-16(24(32)34)18(27)20(29)19(28)17(15)26/h3-9,21-22H,1-2H3. The Morgan fingerprint density at radius 2 is 1.30 bits per heavy atom. The smallest absolute Gasteiger partial charge is 0.264 e. The molecular formula is C25H15Cl4FN2O5. The monoisotopic (exact) mass is 582 g/mol. The molecule has 2 aliphatic heterocycles. The van der Waals surface area contributed by atoms with Crippen molar-refractivity contribution in [2.45, 2.75) is 12.1 Å². The van der Waals surface area contributed by atoms with Crippen LogP contribution in [0.1, 0.15) is 32.3 Å². The Kier molecular flexibility index (Phi) is 6.48. The normalized spacial score (nSPS) is 18.7. The number of fused-ring (bicyclic) bond motifs is 1. The van der Waals surface area contributed by atoms with Crippen molar-refractivity contribution >= 4 is 69.8 Å². The zero-order valence-corrected chi connectivity index (χ0v) is 22.0. The van der Waals surface area contributed by atoms with Crippen LogP contribution in [-0.4, -0.2) is 42.9 Å². The van der Waals surface area contributed by atoms with E-state index in [2.05, 4.69) is 0 Å². The summed E-state index contributed by atoms with van der Waals surface area (Å²) in [4.78, 5) is 42.8. The number of nitrogens with zero attached hydrogens (tertiary/aromatic N) is 2. The van der Waals surface area contributed by atoms with Crippen LogP contribution in [0.4, 0.5) is 10.1 Å². The van der Waals surface area contributed by atoms with Gasteiger partial charge < -0.3 is 14.4 Å². The van der Waals surface area contributed by atoms with E-state index in [1.54, 1.807) is 18.2 Å². The topological polar surface area (TPSA) is 76.1 Å². The summed E-state index contributed by atoms with van der Waals surface area (Å²) in [5.74, 6) is -1.99. The van der Waals surface area contributed by atoms with Crippen LogP contribution in [-0.2, 0) is 4.79 Å². The lowest BCUT2D eigenvalue weighted by Crippen LogP contribution is -2.67. The van der Waals surface area contributed by atoms with Crippen LogP contribution in [0.3, 0.4) is 0 Å². The number of amides is 3. The Morgan fingerprint density at radius 3 is 1.81 bits per heavy atom. The number of rotatable bonds is 5. The van der Waals surface area contributed by atoms with E-state index in [1.807, 2.05) is 0 Å². The van der Waals surface area contributed by atoms with Gasteiger partial charge in [0.05, 0.1) is 51.5 Å². The molecule has 3 aromatic carbocycles. The maximum atomic E-state index is 13.6. The number of hydrogen-bond donors (Lipinski definition) is 0. The van der Waals surface area contributed by atoms with Gasteiger partial charge in [0.15, 0.2) is 0 Å². The Labute approximate surface area is 230 Å². The van der Waals surface area contributed by atoms with Crippen molar-refractivity contribution < 1.29 is 28.2 Å². The number of β-lactam (4-membered cyclic amide) rings is 1. The van der Waals surface area contributed by atoms with Gasteiger partial charge in [0.1, 0.15) is 23.4 Å². The zero-order valence-electron chi connectivity index (χ0n) is 19.0. The molecule has 190 valence electrons. The fourth-order valence-electron chi connectivity index (χ4n) is 4.61. The zero-order chi connectivity index (χ0) is 26.8. The van der Waals surface area contributed by atoms with Crippen LogP contribution >= 0.6 is 46.4 Å². The predicted molar refractivity (Wildman–Crippen MR) is 137 cm³/mol. The van der Waals surface area contributed by atoms with Crippen molar-refractivity contribution in [1.82, 2.24) is 4.90 Å². The van der Waals surface area contributed by atoms with E-state index in [-0.39, 0.29) is 31.2 Å². The highest BCUT2D eigenvalue weighted by Crippen LogP contribution is 2.50. The van der Waals surface area contributed by atoms with Crippen LogP contribution in [0.15, 0.2) is 42.5 Å². The minimum Gasteiger partial charge on any atom is -0.497 e. The molecule has 37 heavy (non-hydrogen) atoms. The van der Waals surface area contributed by atoms with Gasteiger partial charge in [-0.2, -0.15) is 0 Å². The minimum atomic E-state index is -1.32. The van der Waals surface area contributed by atoms with E-state index < -0.39 is 35.6 Å². The lowest BCUT2D eigenvalue weighted by molar-refractivity contribution is -0.130. The quantitative estimate of drug-likeness (QED) is 0.154. The number of carbonyl (C=O) groups excluding carboxylic acids is 3. The molecule has 3 amide bonds. The molecule has 12 heteroatoms. The summed E-state index contributed by atoms with van der Waals surface area (Å²) in [7, 11) is 2.91. The summed E-state index contributed by atoms with van der Waals surface area (Å²) in [6.07, 6.45) is 0. The van der Waals surface area contributed by atoms with E-state index >= 15 is 0 Å². The van der Waals surface area contributed by atoms with Crippen molar-refractivity contribution in [2.24, 2.45) is 0 Å². The highest BCUT2D eigenvalue weighted by molar-refractivity contribution is 6.55. The average Bonchev–Trinajstić information content (AvgIpc) is 3.15. The number of imide groups is 1. The summed E-state index contributed by atoms with van der Waals surface area (Å²) in [5.41, 5.74) is 0.308. The van der Waals surface area contributed by atoms with Gasteiger partial charge >= 0.3 is 0 Å². The number of hydrogen-bond acceptors (Lipinski definition) is 5. The third-order valence-electron chi connectivity index (χ3n) is 6.34. The SMILES string of the molecule is COc1ccc(OC)c(C2C(N3C(=O)c4c(Cl)c(Cl)c(Cl)c(Cl)c4C3=O)C(=O)N2c2ccc(F)cc2)c1. The molecule has 3 aromatic rings. The van der Waals surface area contributed by atoms with Crippen LogP contribution in [0.25, 0.3) is 0 Å². The first-order chi connectivity index (χ1) is 17.6. The predicted octanol–water partition coefficient (Wildman–Crippen LogP) is 6.21. The highest BCUT2D eigenvalue weighted by Gasteiger charge is 2.59. The summed E-state index contributed by atoms with van der Waals surface area (Å²) in [5, 5.41) is -0.864. The highest BCUT2D eigenvalue weighted by atomic mass is 35.5. The molecule has 1 saturated heterocycles. The molecule has 2 atom stereocenters. The fourth-order valence-corrected chi connectivity index (χ4v) is 5.63. The van der Waals surface area contributed by atoms with Crippen LogP contribution in [0.5, 0.6) is 11.5 Å². The Morgan fingerprint density at radius 1 is 0.730 bits per heavy atom. The van der Waals surface area contributed by atoms with Gasteiger partial charge in [0, 0.05) is 11.3 Å². The second-order valence-corrected chi connectivity index (χ2v) is 9.68. The van der Waals surface area contributed by atoms with E-state index in [0.29, 0.717) is 22.7 Å². The lowest BCUT2D eigenvalue weighted by atomic mass is 9.85. The van der Waals surface area contributed by atoms with E-state index in [0.717, 1.165) is 4.90 Å². The van der Waals surface area contributed by atoms with Crippen molar-refractivity contribution in [1.29, 1.82) is 0 Å². The molecule has 0 aromatic heterocycles. The fraction of sp³-hybridized carbons (Fsp3) is 0.160. The number of anilines is 1. The molecule has 7 nitrogen and oxygen atoms in total. The summed E-state index contributed by atoms with van der Waals surface area (Å²) < 4.78 is 24.5. The van der Waals surface area contributed by atoms with Gasteiger partial charge in [-0.25, -0.2) is 4.39 Å². The Balaban J connectivity index is 1.68. The summed E-state index contributed by atoms with van der Waals surface area (Å²) in [6.45, 7) is 0. The molecular weight excluding hydrogens is 569 g/mol. The second kappa shape index (κ2) is 9.36. The average molecular weight is 584 g/mol. The van der Waals surface area contributed by atoms with Crippen LogP contribution in [0.2, 0.25) is 20.1 Å².